The first-order valence-corrected chi connectivity index (χ1v) is 8.89. The molecule has 4 heteroatoms. The third-order valence-electron chi connectivity index (χ3n) is 6.12. The molecule has 0 radical (unpaired) electrons. The Hall–Kier alpha value is -1.55. The molecule has 2 atom stereocenters. The minimum atomic E-state index is 0.193. The van der Waals surface area contributed by atoms with Gasteiger partial charge in [0.25, 0.3) is 0 Å². The fourth-order valence-electron chi connectivity index (χ4n) is 4.67. The number of hydrogen-bond acceptors (Lipinski definition) is 3. The second kappa shape index (κ2) is 5.82. The highest BCUT2D eigenvalue weighted by atomic mass is 16.5. The number of amides is 1. The molecule has 3 aliphatic rings. The van der Waals surface area contributed by atoms with E-state index in [0.717, 1.165) is 57.5 Å². The van der Waals surface area contributed by atoms with Gasteiger partial charge in [-0.15, -0.1) is 0 Å². The Labute approximate surface area is 138 Å². The Balaban J connectivity index is 1.53. The van der Waals surface area contributed by atoms with Gasteiger partial charge in [0.2, 0.25) is 5.91 Å². The quantitative estimate of drug-likeness (QED) is 0.933. The number of ether oxygens (including phenoxy) is 1. The van der Waals surface area contributed by atoms with Crippen LogP contribution in [0.25, 0.3) is 0 Å². The van der Waals surface area contributed by atoms with Crippen LogP contribution in [0.4, 0.5) is 0 Å². The normalized spacial score (nSPS) is 28.8. The van der Waals surface area contributed by atoms with E-state index in [4.69, 9.17) is 4.74 Å². The maximum Gasteiger partial charge on any atom is 0.226 e. The summed E-state index contributed by atoms with van der Waals surface area (Å²) in [5, 5.41) is 3.42. The fraction of sp³-hybridized carbons (Fsp3) is 0.632. The third kappa shape index (κ3) is 2.53. The molecular weight excluding hydrogens is 288 g/mol. The minimum Gasteiger partial charge on any atom is -0.496 e. The van der Waals surface area contributed by atoms with Crippen LogP contribution in [0.1, 0.15) is 43.7 Å². The zero-order valence-corrected chi connectivity index (χ0v) is 13.9. The van der Waals surface area contributed by atoms with Gasteiger partial charge >= 0.3 is 0 Å². The van der Waals surface area contributed by atoms with Crippen molar-refractivity contribution in [3.05, 3.63) is 29.8 Å². The molecule has 3 fully saturated rings. The average Bonchev–Trinajstić information content (AvgIpc) is 3.07. The van der Waals surface area contributed by atoms with Crippen molar-refractivity contribution in [2.75, 3.05) is 26.7 Å². The van der Waals surface area contributed by atoms with Crippen molar-refractivity contribution in [1.29, 1.82) is 0 Å². The number of carbonyl (C=O) groups excluding carboxylic acids is 1. The Kier molecular flexibility index (Phi) is 3.80. The van der Waals surface area contributed by atoms with Gasteiger partial charge in [0.05, 0.1) is 13.2 Å². The van der Waals surface area contributed by atoms with E-state index >= 15 is 0 Å². The lowest BCUT2D eigenvalue weighted by Crippen LogP contribution is -2.36. The first-order valence-electron chi connectivity index (χ1n) is 8.89. The molecule has 1 saturated carbocycles. The summed E-state index contributed by atoms with van der Waals surface area (Å²) >= 11 is 0. The lowest BCUT2D eigenvalue weighted by molar-refractivity contribution is -0.134. The molecule has 23 heavy (non-hydrogen) atoms. The number of likely N-dealkylation sites (tertiary alicyclic amines) is 1. The van der Waals surface area contributed by atoms with Crippen LogP contribution < -0.4 is 10.1 Å². The molecule has 2 unspecified atom stereocenters. The third-order valence-corrected chi connectivity index (χ3v) is 6.12. The van der Waals surface area contributed by atoms with Gasteiger partial charge in [-0.25, -0.2) is 0 Å². The van der Waals surface area contributed by atoms with Gasteiger partial charge in [-0.1, -0.05) is 18.2 Å². The van der Waals surface area contributed by atoms with Crippen molar-refractivity contribution in [1.82, 2.24) is 10.2 Å². The summed E-state index contributed by atoms with van der Waals surface area (Å²) in [6.45, 7) is 3.03. The number of piperidine rings is 1. The number of benzene rings is 1. The van der Waals surface area contributed by atoms with E-state index in [1.165, 1.54) is 5.56 Å². The zero-order chi connectivity index (χ0) is 15.9. The maximum atomic E-state index is 13.1. The highest BCUT2D eigenvalue weighted by Crippen LogP contribution is 2.60. The van der Waals surface area contributed by atoms with Crippen LogP contribution in [0, 0.1) is 11.3 Å². The molecular formula is C19H26N2O2. The Morgan fingerprint density at radius 1 is 1.30 bits per heavy atom. The van der Waals surface area contributed by atoms with Crippen LogP contribution in [0.2, 0.25) is 0 Å². The smallest absolute Gasteiger partial charge is 0.226 e. The predicted molar refractivity (Wildman–Crippen MR) is 89.3 cm³/mol. The molecule has 1 aliphatic carbocycles. The van der Waals surface area contributed by atoms with E-state index in [-0.39, 0.29) is 12.0 Å². The van der Waals surface area contributed by atoms with E-state index in [9.17, 15) is 4.79 Å². The van der Waals surface area contributed by atoms with Crippen LogP contribution in [-0.2, 0) is 4.79 Å². The minimum absolute atomic E-state index is 0.193. The number of nitrogens with one attached hydrogen (secondary N) is 1. The second-order valence-corrected chi connectivity index (χ2v) is 7.30. The van der Waals surface area contributed by atoms with Crippen LogP contribution in [0.3, 0.4) is 0 Å². The topological polar surface area (TPSA) is 41.6 Å². The molecule has 4 nitrogen and oxygen atoms in total. The van der Waals surface area contributed by atoms with Crippen molar-refractivity contribution < 1.29 is 9.53 Å². The van der Waals surface area contributed by atoms with Gasteiger partial charge in [0.15, 0.2) is 0 Å². The Morgan fingerprint density at radius 2 is 2.09 bits per heavy atom. The van der Waals surface area contributed by atoms with Gasteiger partial charge in [-0.2, -0.15) is 0 Å². The molecule has 1 spiro atoms. The van der Waals surface area contributed by atoms with Crippen molar-refractivity contribution in [2.24, 2.45) is 11.3 Å². The summed E-state index contributed by atoms with van der Waals surface area (Å²) in [6, 6.07) is 8.35. The number of rotatable bonds is 3. The molecule has 1 aromatic rings. The molecule has 2 saturated heterocycles. The maximum absolute atomic E-state index is 13.1. The molecule has 1 amide bonds. The molecule has 2 heterocycles. The molecule has 1 aromatic carbocycles. The van der Waals surface area contributed by atoms with E-state index < -0.39 is 0 Å². The van der Waals surface area contributed by atoms with Crippen LogP contribution in [0.5, 0.6) is 5.75 Å². The number of methoxy groups -OCH3 is 1. The van der Waals surface area contributed by atoms with Crippen molar-refractivity contribution in [2.45, 2.75) is 38.1 Å². The highest BCUT2D eigenvalue weighted by Gasteiger charge is 2.59. The molecule has 124 valence electrons. The average molecular weight is 314 g/mol. The zero-order valence-electron chi connectivity index (χ0n) is 13.9. The Morgan fingerprint density at radius 3 is 2.87 bits per heavy atom. The van der Waals surface area contributed by atoms with E-state index in [2.05, 4.69) is 16.3 Å². The van der Waals surface area contributed by atoms with Gasteiger partial charge < -0.3 is 15.0 Å². The van der Waals surface area contributed by atoms with Crippen LogP contribution in [0.15, 0.2) is 24.3 Å². The molecule has 0 aromatic heterocycles. The molecule has 0 bridgehead atoms. The summed E-state index contributed by atoms with van der Waals surface area (Å²) in [6.07, 6.45) is 5.57. The molecule has 2 aliphatic heterocycles. The lowest BCUT2D eigenvalue weighted by atomic mass is 9.91. The van der Waals surface area contributed by atoms with Gasteiger partial charge in [-0.05, 0) is 56.7 Å². The number of hydrogen-bond donors (Lipinski definition) is 1. The number of para-hydroxylation sites is 1. The van der Waals surface area contributed by atoms with Gasteiger partial charge in [0, 0.05) is 18.0 Å². The van der Waals surface area contributed by atoms with Gasteiger partial charge in [0.1, 0.15) is 5.75 Å². The fourth-order valence-corrected chi connectivity index (χ4v) is 4.67. The summed E-state index contributed by atoms with van der Waals surface area (Å²) in [7, 11) is 1.71. The van der Waals surface area contributed by atoms with Crippen molar-refractivity contribution in [3.63, 3.8) is 0 Å². The van der Waals surface area contributed by atoms with Gasteiger partial charge in [-0.3, -0.25) is 4.79 Å². The number of nitrogens with zero attached hydrogens (tertiary/aromatic N) is 1. The SMILES string of the molecule is COc1ccccc1C1CCCN1C(=O)C1CC12CCNCC2. The summed E-state index contributed by atoms with van der Waals surface area (Å²) in [4.78, 5) is 15.3. The summed E-state index contributed by atoms with van der Waals surface area (Å²) in [5.74, 6) is 1.56. The molecule has 4 rings (SSSR count). The highest BCUT2D eigenvalue weighted by molar-refractivity contribution is 5.83. The lowest BCUT2D eigenvalue weighted by Gasteiger charge is -2.29. The predicted octanol–water partition coefficient (Wildman–Crippen LogP) is 2.75. The largest absolute Gasteiger partial charge is 0.496 e. The summed E-state index contributed by atoms with van der Waals surface area (Å²) < 4.78 is 5.53. The van der Waals surface area contributed by atoms with Crippen molar-refractivity contribution >= 4 is 5.91 Å². The number of carbonyl (C=O) groups is 1. The first-order chi connectivity index (χ1) is 11.2. The Bertz CT molecular complexity index is 595. The van der Waals surface area contributed by atoms with Crippen LogP contribution >= 0.6 is 0 Å². The monoisotopic (exact) mass is 314 g/mol. The second-order valence-electron chi connectivity index (χ2n) is 7.30. The van der Waals surface area contributed by atoms with Crippen LogP contribution in [-0.4, -0.2) is 37.6 Å². The standard InChI is InChI=1S/C19H26N2O2/c1-23-17-7-3-2-5-14(17)16-6-4-12-21(16)18(22)15-13-19(15)8-10-20-11-9-19/h2-3,5,7,15-16,20H,4,6,8-13H2,1H3. The summed E-state index contributed by atoms with van der Waals surface area (Å²) in [5.41, 5.74) is 1.48. The van der Waals surface area contributed by atoms with Crippen molar-refractivity contribution in [3.8, 4) is 5.75 Å². The first kappa shape index (κ1) is 15.0. The van der Waals surface area contributed by atoms with E-state index in [1.54, 1.807) is 7.11 Å². The van der Waals surface area contributed by atoms with E-state index in [1.807, 2.05) is 18.2 Å². The van der Waals surface area contributed by atoms with E-state index in [0.29, 0.717) is 11.3 Å². The molecule has 1 N–H and O–H groups in total.